The second-order valence-corrected chi connectivity index (χ2v) is 5.98. The number of imidazole rings is 1. The molecule has 0 aliphatic rings. The predicted molar refractivity (Wildman–Crippen MR) is 84.3 cm³/mol. The molecule has 0 spiro atoms. The van der Waals surface area contributed by atoms with Gasteiger partial charge in [-0.15, -0.1) is 0 Å². The highest BCUT2D eigenvalue weighted by Gasteiger charge is 2.31. The minimum absolute atomic E-state index is 0.310. The second-order valence-electron chi connectivity index (χ2n) is 4.82. The molecule has 0 atom stereocenters. The summed E-state index contributed by atoms with van der Waals surface area (Å²) >= 11 is 9.32. The molecular formula is C15H9BrClF3N2O. The van der Waals surface area contributed by atoms with Gasteiger partial charge in [-0.25, -0.2) is 4.98 Å². The molecule has 0 aliphatic carbocycles. The molecule has 0 bridgehead atoms. The van der Waals surface area contributed by atoms with Crippen LogP contribution in [-0.4, -0.2) is 14.5 Å². The lowest BCUT2D eigenvalue weighted by molar-refractivity contribution is -0.137. The maximum Gasteiger partial charge on any atom is 0.416 e. The third-order valence-electron chi connectivity index (χ3n) is 3.42. The monoisotopic (exact) mass is 404 g/mol. The molecule has 0 aliphatic heterocycles. The SMILES string of the molecule is OCc1c(Cl)ccn2c(-c3cccc(C(F)(F)F)c3)nc(Br)c12. The van der Waals surface area contributed by atoms with E-state index in [4.69, 9.17) is 11.6 Å². The van der Waals surface area contributed by atoms with Crippen molar-refractivity contribution in [1.29, 1.82) is 0 Å². The highest BCUT2D eigenvalue weighted by Crippen LogP contribution is 2.35. The fourth-order valence-electron chi connectivity index (χ4n) is 2.36. The molecule has 0 saturated carbocycles. The van der Waals surface area contributed by atoms with Gasteiger partial charge in [-0.1, -0.05) is 23.7 Å². The summed E-state index contributed by atoms with van der Waals surface area (Å²) in [6.07, 6.45) is -2.83. The van der Waals surface area contributed by atoms with E-state index in [0.717, 1.165) is 12.1 Å². The first-order chi connectivity index (χ1) is 10.8. The molecule has 120 valence electrons. The Morgan fingerprint density at radius 1 is 1.26 bits per heavy atom. The Bertz CT molecular complexity index is 892. The van der Waals surface area contributed by atoms with Crippen LogP contribution in [0.5, 0.6) is 0 Å². The minimum Gasteiger partial charge on any atom is -0.392 e. The number of pyridine rings is 1. The highest BCUT2D eigenvalue weighted by molar-refractivity contribution is 9.10. The number of hydrogen-bond acceptors (Lipinski definition) is 2. The van der Waals surface area contributed by atoms with Crippen LogP contribution in [0, 0.1) is 0 Å². The van der Waals surface area contributed by atoms with E-state index in [-0.39, 0.29) is 6.61 Å². The lowest BCUT2D eigenvalue weighted by Gasteiger charge is -2.09. The quantitative estimate of drug-likeness (QED) is 0.656. The van der Waals surface area contributed by atoms with Crippen LogP contribution in [0.1, 0.15) is 11.1 Å². The number of aromatic nitrogens is 2. The van der Waals surface area contributed by atoms with E-state index in [1.54, 1.807) is 22.7 Å². The fraction of sp³-hybridized carbons (Fsp3) is 0.133. The normalized spacial score (nSPS) is 12.1. The number of aliphatic hydroxyl groups excluding tert-OH is 1. The highest BCUT2D eigenvalue weighted by atomic mass is 79.9. The second kappa shape index (κ2) is 5.81. The molecule has 0 unspecified atom stereocenters. The van der Waals surface area contributed by atoms with Gasteiger partial charge < -0.3 is 5.11 Å². The largest absolute Gasteiger partial charge is 0.416 e. The summed E-state index contributed by atoms with van der Waals surface area (Å²) in [6.45, 7) is -0.310. The molecule has 3 nitrogen and oxygen atoms in total. The lowest BCUT2D eigenvalue weighted by Crippen LogP contribution is -2.04. The van der Waals surface area contributed by atoms with E-state index in [2.05, 4.69) is 20.9 Å². The molecular weight excluding hydrogens is 397 g/mol. The van der Waals surface area contributed by atoms with E-state index in [0.29, 0.717) is 32.1 Å². The van der Waals surface area contributed by atoms with Crippen molar-refractivity contribution in [2.45, 2.75) is 12.8 Å². The Kier molecular flexibility index (Phi) is 4.12. The summed E-state index contributed by atoms with van der Waals surface area (Å²) in [6, 6.07) is 6.48. The van der Waals surface area contributed by atoms with Crippen molar-refractivity contribution in [2.24, 2.45) is 0 Å². The van der Waals surface area contributed by atoms with E-state index in [9.17, 15) is 18.3 Å². The maximum absolute atomic E-state index is 12.9. The molecule has 3 aromatic rings. The van der Waals surface area contributed by atoms with Gasteiger partial charge in [0.05, 0.1) is 17.7 Å². The number of rotatable bonds is 2. The van der Waals surface area contributed by atoms with Crippen LogP contribution >= 0.6 is 27.5 Å². The van der Waals surface area contributed by atoms with Gasteiger partial charge in [-0.2, -0.15) is 13.2 Å². The van der Waals surface area contributed by atoms with Crippen LogP contribution in [0.25, 0.3) is 16.9 Å². The number of aliphatic hydroxyl groups is 1. The Balaban J connectivity index is 2.26. The van der Waals surface area contributed by atoms with Crippen molar-refractivity contribution >= 4 is 33.0 Å². The zero-order valence-electron chi connectivity index (χ0n) is 11.4. The van der Waals surface area contributed by atoms with Crippen LogP contribution < -0.4 is 0 Å². The maximum atomic E-state index is 12.9. The van der Waals surface area contributed by atoms with Gasteiger partial charge in [0.15, 0.2) is 0 Å². The average molecular weight is 406 g/mol. The molecule has 2 heterocycles. The molecule has 1 aromatic carbocycles. The molecule has 0 radical (unpaired) electrons. The minimum atomic E-state index is -4.43. The smallest absolute Gasteiger partial charge is 0.392 e. The first-order valence-electron chi connectivity index (χ1n) is 6.46. The molecule has 8 heteroatoms. The van der Waals surface area contributed by atoms with E-state index < -0.39 is 11.7 Å². The number of fused-ring (bicyclic) bond motifs is 1. The summed E-state index contributed by atoms with van der Waals surface area (Å²) in [4.78, 5) is 4.28. The zero-order valence-corrected chi connectivity index (χ0v) is 13.7. The summed E-state index contributed by atoms with van der Waals surface area (Å²) in [5.41, 5.74) is 0.533. The number of benzene rings is 1. The van der Waals surface area contributed by atoms with Crippen LogP contribution in [0.3, 0.4) is 0 Å². The molecule has 0 amide bonds. The fourth-order valence-corrected chi connectivity index (χ4v) is 3.17. The van der Waals surface area contributed by atoms with Crippen molar-refractivity contribution in [3.63, 3.8) is 0 Å². The Labute approximate surface area is 142 Å². The van der Waals surface area contributed by atoms with Crippen molar-refractivity contribution in [3.8, 4) is 11.4 Å². The van der Waals surface area contributed by atoms with Crippen LogP contribution in [-0.2, 0) is 12.8 Å². The number of nitrogens with zero attached hydrogens (tertiary/aromatic N) is 2. The topological polar surface area (TPSA) is 37.5 Å². The molecule has 1 N–H and O–H groups in total. The molecule has 23 heavy (non-hydrogen) atoms. The molecule has 0 saturated heterocycles. The van der Waals surface area contributed by atoms with E-state index >= 15 is 0 Å². The van der Waals surface area contributed by atoms with Gasteiger partial charge >= 0.3 is 6.18 Å². The zero-order chi connectivity index (χ0) is 16.8. The van der Waals surface area contributed by atoms with Crippen molar-refractivity contribution in [1.82, 2.24) is 9.38 Å². The number of halogens is 5. The van der Waals surface area contributed by atoms with Gasteiger partial charge in [-0.3, -0.25) is 4.40 Å². The summed E-state index contributed by atoms with van der Waals surface area (Å²) in [7, 11) is 0. The predicted octanol–water partition coefficient (Wildman–Crippen LogP) is 4.93. The van der Waals surface area contributed by atoms with Gasteiger partial charge in [0.2, 0.25) is 0 Å². The Morgan fingerprint density at radius 2 is 2.00 bits per heavy atom. The van der Waals surface area contributed by atoms with Crippen molar-refractivity contribution < 1.29 is 18.3 Å². The third-order valence-corrected chi connectivity index (χ3v) is 4.33. The van der Waals surface area contributed by atoms with Crippen LogP contribution in [0.4, 0.5) is 13.2 Å². The number of alkyl halides is 3. The Hall–Kier alpha value is -1.57. The standard InChI is InChI=1S/C15H9BrClF3N2O/c16-13-12-10(7-23)11(17)4-5-22(12)14(21-13)8-2-1-3-9(6-8)15(18,19)20/h1-6,23H,7H2. The van der Waals surface area contributed by atoms with Crippen molar-refractivity contribution in [3.05, 3.63) is 57.3 Å². The summed E-state index contributed by atoms with van der Waals surface area (Å²) in [5, 5.41) is 9.83. The summed E-state index contributed by atoms with van der Waals surface area (Å²) < 4.78 is 40.7. The van der Waals surface area contributed by atoms with Crippen molar-refractivity contribution in [2.75, 3.05) is 0 Å². The van der Waals surface area contributed by atoms with Gasteiger partial charge in [0, 0.05) is 22.3 Å². The first-order valence-corrected chi connectivity index (χ1v) is 7.63. The van der Waals surface area contributed by atoms with E-state index in [1.165, 1.54) is 6.07 Å². The van der Waals surface area contributed by atoms with E-state index in [1.807, 2.05) is 0 Å². The van der Waals surface area contributed by atoms with Crippen LogP contribution in [0.15, 0.2) is 41.1 Å². The van der Waals surface area contributed by atoms with Gasteiger partial charge in [0.1, 0.15) is 10.4 Å². The average Bonchev–Trinajstić information content (AvgIpc) is 2.84. The molecule has 2 aromatic heterocycles. The third kappa shape index (κ3) is 2.84. The number of hydrogen-bond donors (Lipinski definition) is 1. The first kappa shape index (κ1) is 16.3. The molecule has 0 fully saturated rings. The van der Waals surface area contributed by atoms with Gasteiger partial charge in [-0.05, 0) is 34.1 Å². The lowest BCUT2D eigenvalue weighted by atomic mass is 10.1. The molecule has 3 rings (SSSR count). The van der Waals surface area contributed by atoms with Gasteiger partial charge in [0.25, 0.3) is 0 Å². The summed E-state index contributed by atoms with van der Waals surface area (Å²) in [5.74, 6) is 0.323. The van der Waals surface area contributed by atoms with Crippen LogP contribution in [0.2, 0.25) is 5.02 Å². The Morgan fingerprint density at radius 3 is 2.65 bits per heavy atom.